The molecule has 2 aromatic carbocycles. The molecule has 3 heterocycles. The molecular weight excluding hydrogens is 560 g/mol. The van der Waals surface area contributed by atoms with Gasteiger partial charge in [-0.05, 0) is 70.1 Å². The second-order valence-electron chi connectivity index (χ2n) is 11.5. The monoisotopic (exact) mass is 596 g/mol. The summed E-state index contributed by atoms with van der Waals surface area (Å²) >= 11 is 0. The van der Waals surface area contributed by atoms with Crippen LogP contribution in [0.1, 0.15) is 52.1 Å². The quantitative estimate of drug-likeness (QED) is 0.226. The molecule has 1 aromatic heterocycles. The molecule has 0 unspecified atom stereocenters. The highest BCUT2D eigenvalue weighted by molar-refractivity contribution is 5.97. The lowest BCUT2D eigenvalue weighted by molar-refractivity contribution is -0.385. The maximum atomic E-state index is 13.0. The number of Topliss-reactive ketones (excluding diaryl/α,β-unsaturated/α-hetero) is 1. The number of benzene rings is 2. The number of piperidine rings is 1. The molecule has 1 N–H and O–H groups in total. The number of nitro groups is 1. The number of nitro benzene ring substituents is 1. The molecule has 44 heavy (non-hydrogen) atoms. The number of aryl methyl sites for hydroxylation is 1. The van der Waals surface area contributed by atoms with Gasteiger partial charge in [0, 0.05) is 73.7 Å². The Labute approximate surface area is 256 Å². The minimum Gasteiger partial charge on any atom is -0.353 e. The van der Waals surface area contributed by atoms with Gasteiger partial charge in [0.05, 0.1) is 16.6 Å². The van der Waals surface area contributed by atoms with Crippen molar-refractivity contribution in [1.29, 1.82) is 5.26 Å². The number of carbonyl (C=O) groups excluding carboxylic acids is 2. The van der Waals surface area contributed by atoms with Crippen LogP contribution in [0.4, 0.5) is 22.0 Å². The number of hydrogen-bond acceptors (Lipinski definition) is 9. The lowest BCUT2D eigenvalue weighted by Gasteiger charge is -2.36. The Hall–Kier alpha value is -4.89. The Morgan fingerprint density at radius 2 is 1.77 bits per heavy atom. The standard InChI is InChI=1S/C32H36N8O4/c1-22-21-34-30(19-25-5-6-26(18-28(25)40(43)44)29(41)17-23-9-11-37(2)12-10-23)36-31(22)38-13-15-39(16-14-38)32(42)35-27-7-3-24(20-33)4-8-27/h3-8,18,21,23H,9-17,19H2,1-2H3,(H,35,42). The smallest absolute Gasteiger partial charge is 0.321 e. The minimum absolute atomic E-state index is 0.0622. The van der Waals surface area contributed by atoms with Gasteiger partial charge in [0.1, 0.15) is 11.6 Å². The predicted molar refractivity (Wildman–Crippen MR) is 166 cm³/mol. The fraction of sp³-hybridized carbons (Fsp3) is 0.406. The normalized spacial score (nSPS) is 15.9. The molecule has 2 aliphatic heterocycles. The van der Waals surface area contributed by atoms with Gasteiger partial charge in [0.25, 0.3) is 5.69 Å². The summed E-state index contributed by atoms with van der Waals surface area (Å²) in [5, 5.41) is 23.8. The van der Waals surface area contributed by atoms with Crippen molar-refractivity contribution in [2.45, 2.75) is 32.6 Å². The predicted octanol–water partition coefficient (Wildman–Crippen LogP) is 4.42. The van der Waals surface area contributed by atoms with E-state index in [1.165, 1.54) is 6.07 Å². The highest BCUT2D eigenvalue weighted by atomic mass is 16.6. The fourth-order valence-electron chi connectivity index (χ4n) is 5.70. The molecule has 0 saturated carbocycles. The van der Waals surface area contributed by atoms with Gasteiger partial charge in [0.2, 0.25) is 0 Å². The van der Waals surface area contributed by atoms with Gasteiger partial charge in [-0.15, -0.1) is 0 Å². The zero-order valence-electron chi connectivity index (χ0n) is 25.0. The van der Waals surface area contributed by atoms with Gasteiger partial charge in [-0.2, -0.15) is 5.26 Å². The van der Waals surface area contributed by atoms with E-state index in [4.69, 9.17) is 10.2 Å². The van der Waals surface area contributed by atoms with E-state index in [-0.39, 0.29) is 23.9 Å². The number of anilines is 2. The SMILES string of the molecule is Cc1cnc(Cc2ccc(C(=O)CC3CCN(C)CC3)cc2[N+](=O)[O-])nc1N1CCN(C(=O)Nc2ccc(C#N)cc2)CC1. The van der Waals surface area contributed by atoms with Crippen LogP contribution in [0.25, 0.3) is 0 Å². The number of amides is 2. The Balaban J connectivity index is 1.22. The van der Waals surface area contributed by atoms with E-state index in [0.717, 1.165) is 37.3 Å². The van der Waals surface area contributed by atoms with Crippen molar-refractivity contribution in [2.24, 2.45) is 5.92 Å². The van der Waals surface area contributed by atoms with Crippen molar-refractivity contribution in [3.8, 4) is 6.07 Å². The van der Waals surface area contributed by atoms with E-state index in [0.29, 0.717) is 66.7 Å². The van der Waals surface area contributed by atoms with Crippen LogP contribution >= 0.6 is 0 Å². The number of nitrogens with zero attached hydrogens (tertiary/aromatic N) is 7. The van der Waals surface area contributed by atoms with Crippen LogP contribution in [-0.2, 0) is 6.42 Å². The van der Waals surface area contributed by atoms with Crippen LogP contribution in [0, 0.1) is 34.3 Å². The number of ketones is 1. The topological polar surface area (TPSA) is 149 Å². The van der Waals surface area contributed by atoms with E-state index in [1.54, 1.807) is 47.5 Å². The Kier molecular flexibility index (Phi) is 9.45. The largest absolute Gasteiger partial charge is 0.353 e. The van der Waals surface area contributed by atoms with Gasteiger partial charge in [-0.25, -0.2) is 14.8 Å². The summed E-state index contributed by atoms with van der Waals surface area (Å²) in [6, 6.07) is 13.3. The van der Waals surface area contributed by atoms with Crippen molar-refractivity contribution < 1.29 is 14.5 Å². The van der Waals surface area contributed by atoms with Crippen LogP contribution in [0.2, 0.25) is 0 Å². The third-order valence-corrected chi connectivity index (χ3v) is 8.39. The van der Waals surface area contributed by atoms with Crippen molar-refractivity contribution in [2.75, 3.05) is 56.5 Å². The van der Waals surface area contributed by atoms with Gasteiger partial charge >= 0.3 is 6.03 Å². The highest BCUT2D eigenvalue weighted by Gasteiger charge is 2.25. The molecule has 2 aliphatic rings. The van der Waals surface area contributed by atoms with Crippen LogP contribution in [0.15, 0.2) is 48.7 Å². The molecule has 0 spiro atoms. The van der Waals surface area contributed by atoms with Crippen molar-refractivity contribution >= 4 is 29.0 Å². The molecule has 5 rings (SSSR count). The summed E-state index contributed by atoms with van der Waals surface area (Å²) in [6.45, 7) is 5.93. The number of likely N-dealkylation sites (tertiary alicyclic amines) is 1. The second kappa shape index (κ2) is 13.6. The first kappa shape index (κ1) is 30.6. The number of carbonyl (C=O) groups is 2. The minimum atomic E-state index is -0.446. The molecule has 228 valence electrons. The molecule has 2 fully saturated rings. The van der Waals surface area contributed by atoms with Gasteiger partial charge in [-0.1, -0.05) is 12.1 Å². The zero-order chi connectivity index (χ0) is 31.2. The molecule has 0 atom stereocenters. The molecule has 0 aliphatic carbocycles. The van der Waals surface area contributed by atoms with E-state index < -0.39 is 4.92 Å². The third kappa shape index (κ3) is 7.36. The first-order valence-corrected chi connectivity index (χ1v) is 14.8. The zero-order valence-corrected chi connectivity index (χ0v) is 25.0. The number of aromatic nitrogens is 2. The highest BCUT2D eigenvalue weighted by Crippen LogP contribution is 2.27. The number of nitriles is 1. The van der Waals surface area contributed by atoms with E-state index in [2.05, 4.69) is 33.2 Å². The average molecular weight is 597 g/mol. The lowest BCUT2D eigenvalue weighted by Crippen LogP contribution is -2.50. The van der Waals surface area contributed by atoms with Crippen molar-refractivity contribution in [3.63, 3.8) is 0 Å². The van der Waals surface area contributed by atoms with Crippen molar-refractivity contribution in [3.05, 3.63) is 86.9 Å². The maximum absolute atomic E-state index is 13.0. The fourth-order valence-corrected chi connectivity index (χ4v) is 5.70. The lowest BCUT2D eigenvalue weighted by atomic mass is 9.89. The summed E-state index contributed by atoms with van der Waals surface area (Å²) in [5.41, 5.74) is 2.73. The van der Waals surface area contributed by atoms with E-state index >= 15 is 0 Å². The van der Waals surface area contributed by atoms with Crippen molar-refractivity contribution in [1.82, 2.24) is 19.8 Å². The number of piperazine rings is 1. The molecule has 12 nitrogen and oxygen atoms in total. The number of nitrogens with one attached hydrogen (secondary N) is 1. The van der Waals surface area contributed by atoms with Gasteiger partial charge < -0.3 is 20.0 Å². The van der Waals surface area contributed by atoms with Crippen LogP contribution < -0.4 is 10.2 Å². The number of rotatable bonds is 8. The van der Waals surface area contributed by atoms with Crippen LogP contribution in [-0.4, -0.2) is 82.8 Å². The molecule has 0 bridgehead atoms. The summed E-state index contributed by atoms with van der Waals surface area (Å²) in [6.07, 6.45) is 4.18. The molecule has 2 amide bonds. The number of hydrogen-bond donors (Lipinski definition) is 1. The van der Waals surface area contributed by atoms with Crippen LogP contribution in [0.3, 0.4) is 0 Å². The third-order valence-electron chi connectivity index (χ3n) is 8.39. The number of urea groups is 1. The summed E-state index contributed by atoms with van der Waals surface area (Å²) < 4.78 is 0. The summed E-state index contributed by atoms with van der Waals surface area (Å²) in [5.74, 6) is 1.42. The van der Waals surface area contributed by atoms with Gasteiger partial charge in [0.15, 0.2) is 5.78 Å². The molecular formula is C32H36N8O4. The maximum Gasteiger partial charge on any atom is 0.321 e. The van der Waals surface area contributed by atoms with Crippen LogP contribution in [0.5, 0.6) is 0 Å². The Morgan fingerprint density at radius 1 is 1.07 bits per heavy atom. The van der Waals surface area contributed by atoms with Gasteiger partial charge in [-0.3, -0.25) is 14.9 Å². The summed E-state index contributed by atoms with van der Waals surface area (Å²) in [4.78, 5) is 52.6. The average Bonchev–Trinajstić information content (AvgIpc) is 3.03. The van der Waals surface area contributed by atoms with E-state index in [1.807, 2.05) is 6.92 Å². The molecule has 3 aromatic rings. The molecule has 0 radical (unpaired) electrons. The Morgan fingerprint density at radius 3 is 2.43 bits per heavy atom. The Bertz CT molecular complexity index is 1570. The second-order valence-corrected chi connectivity index (χ2v) is 11.5. The first-order chi connectivity index (χ1) is 21.2. The summed E-state index contributed by atoms with van der Waals surface area (Å²) in [7, 11) is 2.07. The molecule has 12 heteroatoms. The van der Waals surface area contributed by atoms with E-state index in [9.17, 15) is 19.7 Å². The molecule has 2 saturated heterocycles. The first-order valence-electron chi connectivity index (χ1n) is 14.8.